The summed E-state index contributed by atoms with van der Waals surface area (Å²) in [6.07, 6.45) is 1.29. The predicted molar refractivity (Wildman–Crippen MR) is 137 cm³/mol. The number of hydrogen-bond acceptors (Lipinski definition) is 9. The lowest BCUT2D eigenvalue weighted by atomic mass is 9.96. The van der Waals surface area contributed by atoms with Crippen LogP contribution in [-0.4, -0.2) is 79.9 Å². The standard InChI is InChI=1S/C26H34N4O5S/c1-3-35-25(32)21-8-10-30(11-9-21)24(31)20-6-4-19(5-7-20)18-36-26-27-22(17-33-2)16-23(28-26)29-12-14-34-15-13-29/h4-7,16,21H,3,8-15,17-18H2,1-2H3. The molecule has 0 aliphatic carbocycles. The highest BCUT2D eigenvalue weighted by Crippen LogP contribution is 2.25. The van der Waals surface area contributed by atoms with Gasteiger partial charge < -0.3 is 24.0 Å². The number of amides is 1. The van der Waals surface area contributed by atoms with Crippen molar-refractivity contribution in [2.24, 2.45) is 5.92 Å². The van der Waals surface area contributed by atoms with Crippen LogP contribution < -0.4 is 4.90 Å². The van der Waals surface area contributed by atoms with E-state index < -0.39 is 0 Å². The first-order valence-corrected chi connectivity index (χ1v) is 13.4. The molecule has 10 heteroatoms. The Morgan fingerprint density at radius 3 is 2.47 bits per heavy atom. The molecule has 36 heavy (non-hydrogen) atoms. The van der Waals surface area contributed by atoms with Crippen molar-refractivity contribution in [3.8, 4) is 0 Å². The predicted octanol–water partition coefficient (Wildman–Crippen LogP) is 3.17. The molecule has 2 fully saturated rings. The second-order valence-corrected chi connectivity index (χ2v) is 9.78. The Morgan fingerprint density at radius 1 is 1.08 bits per heavy atom. The van der Waals surface area contributed by atoms with Gasteiger partial charge >= 0.3 is 5.97 Å². The third kappa shape index (κ3) is 6.96. The number of hydrogen-bond donors (Lipinski definition) is 0. The number of ether oxygens (including phenoxy) is 3. The fourth-order valence-electron chi connectivity index (χ4n) is 4.35. The van der Waals surface area contributed by atoms with Crippen LogP contribution in [0.3, 0.4) is 0 Å². The number of carbonyl (C=O) groups excluding carboxylic acids is 2. The van der Waals surface area contributed by atoms with E-state index in [1.807, 2.05) is 42.2 Å². The van der Waals surface area contributed by atoms with Crippen LogP contribution in [0.5, 0.6) is 0 Å². The summed E-state index contributed by atoms with van der Waals surface area (Å²) in [5.41, 5.74) is 2.60. The summed E-state index contributed by atoms with van der Waals surface area (Å²) in [6.45, 7) is 6.78. The van der Waals surface area contributed by atoms with Crippen molar-refractivity contribution in [3.63, 3.8) is 0 Å². The zero-order chi connectivity index (χ0) is 25.3. The third-order valence-electron chi connectivity index (χ3n) is 6.34. The van der Waals surface area contributed by atoms with Crippen LogP contribution >= 0.6 is 11.8 Å². The van der Waals surface area contributed by atoms with Gasteiger partial charge in [0.15, 0.2) is 5.16 Å². The number of rotatable bonds is 9. The second-order valence-electron chi connectivity index (χ2n) is 8.84. The molecule has 0 N–H and O–H groups in total. The van der Waals surface area contributed by atoms with E-state index in [1.165, 1.54) is 0 Å². The van der Waals surface area contributed by atoms with Crippen LogP contribution in [0, 0.1) is 5.92 Å². The monoisotopic (exact) mass is 514 g/mol. The van der Waals surface area contributed by atoms with E-state index in [-0.39, 0.29) is 17.8 Å². The summed E-state index contributed by atoms with van der Waals surface area (Å²) in [5.74, 6) is 1.33. The molecule has 1 amide bonds. The molecule has 0 saturated carbocycles. The fourth-order valence-corrected chi connectivity index (χ4v) is 5.18. The lowest BCUT2D eigenvalue weighted by Crippen LogP contribution is -2.40. The van der Waals surface area contributed by atoms with Crippen molar-refractivity contribution in [2.45, 2.75) is 37.3 Å². The van der Waals surface area contributed by atoms with Gasteiger partial charge in [0.1, 0.15) is 5.82 Å². The molecule has 2 aliphatic rings. The minimum Gasteiger partial charge on any atom is -0.466 e. The summed E-state index contributed by atoms with van der Waals surface area (Å²) in [5, 5.41) is 0.704. The van der Waals surface area contributed by atoms with Crippen LogP contribution in [-0.2, 0) is 31.4 Å². The summed E-state index contributed by atoms with van der Waals surface area (Å²) < 4.78 is 15.9. The average Bonchev–Trinajstić information content (AvgIpc) is 2.92. The normalized spacial score (nSPS) is 16.7. The SMILES string of the molecule is CCOC(=O)C1CCN(C(=O)c2ccc(CSc3nc(COC)cc(N4CCOCC4)n3)cc2)CC1. The van der Waals surface area contributed by atoms with Gasteiger partial charge in [0, 0.05) is 50.7 Å². The van der Waals surface area contributed by atoms with Crippen molar-refractivity contribution in [2.75, 3.05) is 58.0 Å². The van der Waals surface area contributed by atoms with E-state index in [1.54, 1.807) is 18.9 Å². The zero-order valence-electron chi connectivity index (χ0n) is 21.0. The Balaban J connectivity index is 1.34. The van der Waals surface area contributed by atoms with Crippen LogP contribution in [0.1, 0.15) is 41.4 Å². The van der Waals surface area contributed by atoms with E-state index in [9.17, 15) is 9.59 Å². The number of carbonyl (C=O) groups is 2. The molecule has 1 aromatic carbocycles. The first kappa shape index (κ1) is 26.4. The first-order valence-electron chi connectivity index (χ1n) is 12.4. The molecule has 4 rings (SSSR count). The Kier molecular flexibility index (Phi) is 9.54. The number of morpholine rings is 1. The van der Waals surface area contributed by atoms with Gasteiger partial charge in [-0.2, -0.15) is 0 Å². The Morgan fingerprint density at radius 2 is 1.81 bits per heavy atom. The molecule has 9 nitrogen and oxygen atoms in total. The van der Waals surface area contributed by atoms with E-state index in [0.29, 0.717) is 68.8 Å². The highest BCUT2D eigenvalue weighted by atomic mass is 32.2. The highest BCUT2D eigenvalue weighted by Gasteiger charge is 2.28. The lowest BCUT2D eigenvalue weighted by molar-refractivity contribution is -0.149. The molecule has 0 radical (unpaired) electrons. The number of anilines is 1. The van der Waals surface area contributed by atoms with Crippen LogP contribution in [0.2, 0.25) is 0 Å². The molecule has 0 bridgehead atoms. The van der Waals surface area contributed by atoms with E-state index in [0.717, 1.165) is 30.2 Å². The van der Waals surface area contributed by atoms with Crippen LogP contribution in [0.15, 0.2) is 35.5 Å². The molecular formula is C26H34N4O5S. The third-order valence-corrected chi connectivity index (χ3v) is 7.26. The average molecular weight is 515 g/mol. The van der Waals surface area contributed by atoms with Crippen molar-refractivity contribution in [3.05, 3.63) is 47.2 Å². The molecule has 0 atom stereocenters. The number of thioether (sulfide) groups is 1. The number of likely N-dealkylation sites (tertiary alicyclic amines) is 1. The van der Waals surface area contributed by atoms with E-state index >= 15 is 0 Å². The number of nitrogens with zero attached hydrogens (tertiary/aromatic N) is 4. The number of esters is 1. The molecule has 0 unspecified atom stereocenters. The topological polar surface area (TPSA) is 94.1 Å². The molecule has 2 aromatic rings. The molecule has 2 saturated heterocycles. The minimum atomic E-state index is -0.153. The second kappa shape index (κ2) is 13.0. The Bertz CT molecular complexity index is 1020. The molecule has 3 heterocycles. The number of benzene rings is 1. The van der Waals surface area contributed by atoms with Gasteiger partial charge in [-0.05, 0) is 37.5 Å². The van der Waals surface area contributed by atoms with Gasteiger partial charge in [-0.1, -0.05) is 23.9 Å². The van der Waals surface area contributed by atoms with Crippen molar-refractivity contribution >= 4 is 29.5 Å². The zero-order valence-corrected chi connectivity index (χ0v) is 21.8. The van der Waals surface area contributed by atoms with Crippen molar-refractivity contribution in [1.29, 1.82) is 0 Å². The summed E-state index contributed by atoms with van der Waals surface area (Å²) >= 11 is 1.57. The van der Waals surface area contributed by atoms with Gasteiger partial charge in [-0.3, -0.25) is 9.59 Å². The number of methoxy groups -OCH3 is 1. The van der Waals surface area contributed by atoms with Gasteiger partial charge in [0.2, 0.25) is 0 Å². The largest absolute Gasteiger partial charge is 0.466 e. The minimum absolute atomic E-state index is 0.00210. The summed E-state index contributed by atoms with van der Waals surface area (Å²) in [7, 11) is 1.66. The van der Waals surface area contributed by atoms with Crippen molar-refractivity contribution in [1.82, 2.24) is 14.9 Å². The summed E-state index contributed by atoms with van der Waals surface area (Å²) in [4.78, 5) is 38.3. The van der Waals surface area contributed by atoms with Gasteiger partial charge in [0.05, 0.1) is 38.0 Å². The van der Waals surface area contributed by atoms with E-state index in [2.05, 4.69) is 9.88 Å². The van der Waals surface area contributed by atoms with Gasteiger partial charge in [-0.25, -0.2) is 9.97 Å². The number of aromatic nitrogens is 2. The first-order chi connectivity index (χ1) is 17.6. The van der Waals surface area contributed by atoms with Crippen LogP contribution in [0.4, 0.5) is 5.82 Å². The maximum absolute atomic E-state index is 12.9. The Hall–Kier alpha value is -2.69. The lowest BCUT2D eigenvalue weighted by Gasteiger charge is -2.31. The Labute approximate surface area is 216 Å². The molecule has 2 aliphatic heterocycles. The highest BCUT2D eigenvalue weighted by molar-refractivity contribution is 7.98. The van der Waals surface area contributed by atoms with Gasteiger partial charge in [-0.15, -0.1) is 0 Å². The quantitative estimate of drug-likeness (QED) is 0.284. The van der Waals surface area contributed by atoms with E-state index in [4.69, 9.17) is 19.2 Å². The number of piperidine rings is 1. The molecule has 1 aromatic heterocycles. The molecule has 194 valence electrons. The molecule has 0 spiro atoms. The fraction of sp³-hybridized carbons (Fsp3) is 0.538. The van der Waals surface area contributed by atoms with Gasteiger partial charge in [0.25, 0.3) is 5.91 Å². The summed E-state index contributed by atoms with van der Waals surface area (Å²) in [6, 6.07) is 9.68. The van der Waals surface area contributed by atoms with Crippen LogP contribution in [0.25, 0.3) is 0 Å². The van der Waals surface area contributed by atoms with Crippen molar-refractivity contribution < 1.29 is 23.8 Å². The maximum atomic E-state index is 12.9. The maximum Gasteiger partial charge on any atom is 0.309 e. The molecular weight excluding hydrogens is 480 g/mol. The smallest absolute Gasteiger partial charge is 0.309 e.